The number of rotatable bonds is 4. The van der Waals surface area contributed by atoms with Gasteiger partial charge in [0.2, 0.25) is 0 Å². The maximum Gasteiger partial charge on any atom is 0.254 e. The zero-order valence-electron chi connectivity index (χ0n) is 12.1. The molecule has 2 aromatic rings. The van der Waals surface area contributed by atoms with E-state index in [0.717, 1.165) is 22.2 Å². The Morgan fingerprint density at radius 2 is 2.32 bits per heavy atom. The predicted molar refractivity (Wildman–Crippen MR) is 88.3 cm³/mol. The van der Waals surface area contributed by atoms with Crippen molar-refractivity contribution >= 4 is 27.7 Å². The van der Waals surface area contributed by atoms with Gasteiger partial charge in [-0.3, -0.25) is 4.79 Å². The molecule has 0 spiro atoms. The van der Waals surface area contributed by atoms with Crippen LogP contribution in [0.5, 0.6) is 5.75 Å². The minimum Gasteiger partial charge on any atom is -0.493 e. The summed E-state index contributed by atoms with van der Waals surface area (Å²) in [6, 6.07) is 7.61. The van der Waals surface area contributed by atoms with Crippen LogP contribution in [0.15, 0.2) is 34.9 Å². The van der Waals surface area contributed by atoms with Crippen LogP contribution in [0.25, 0.3) is 0 Å². The topological polar surface area (TPSA) is 63.2 Å². The molecular formula is C16H16BrN3O2. The van der Waals surface area contributed by atoms with Gasteiger partial charge in [0.15, 0.2) is 0 Å². The Kier molecular flexibility index (Phi) is 4.29. The molecule has 1 aliphatic rings. The van der Waals surface area contributed by atoms with Crippen LogP contribution in [0.2, 0.25) is 0 Å². The summed E-state index contributed by atoms with van der Waals surface area (Å²) in [5.41, 5.74) is 2.78. The molecule has 0 radical (unpaired) electrons. The molecule has 0 unspecified atom stereocenters. The van der Waals surface area contributed by atoms with Gasteiger partial charge in [0.25, 0.3) is 5.91 Å². The normalized spacial score (nSPS) is 12.5. The van der Waals surface area contributed by atoms with E-state index in [-0.39, 0.29) is 5.91 Å². The summed E-state index contributed by atoms with van der Waals surface area (Å²) in [6.45, 7) is 1.26. The molecule has 0 atom stereocenters. The molecular weight excluding hydrogens is 346 g/mol. The smallest absolute Gasteiger partial charge is 0.254 e. The number of aromatic nitrogens is 1. The van der Waals surface area contributed by atoms with Gasteiger partial charge in [0.05, 0.1) is 12.2 Å². The van der Waals surface area contributed by atoms with Gasteiger partial charge >= 0.3 is 0 Å². The molecule has 0 bridgehead atoms. The van der Waals surface area contributed by atoms with E-state index in [4.69, 9.17) is 4.74 Å². The van der Waals surface area contributed by atoms with E-state index in [2.05, 4.69) is 37.6 Å². The Morgan fingerprint density at radius 1 is 1.45 bits per heavy atom. The summed E-state index contributed by atoms with van der Waals surface area (Å²) < 4.78 is 6.74. The lowest BCUT2D eigenvalue weighted by Crippen LogP contribution is -2.20. The van der Waals surface area contributed by atoms with E-state index in [1.807, 2.05) is 6.07 Å². The lowest BCUT2D eigenvalue weighted by atomic mass is 10.1. The van der Waals surface area contributed by atoms with Gasteiger partial charge in [-0.2, -0.15) is 0 Å². The van der Waals surface area contributed by atoms with Crippen LogP contribution in [-0.4, -0.2) is 24.5 Å². The van der Waals surface area contributed by atoms with Crippen molar-refractivity contribution < 1.29 is 9.53 Å². The minimum atomic E-state index is -0.161. The molecule has 1 amide bonds. The number of ether oxygens (including phenoxy) is 1. The summed E-state index contributed by atoms with van der Waals surface area (Å²) in [7, 11) is 1.61. The van der Waals surface area contributed by atoms with Crippen molar-refractivity contribution in [3.8, 4) is 5.75 Å². The molecule has 0 aliphatic carbocycles. The Labute approximate surface area is 137 Å². The van der Waals surface area contributed by atoms with Gasteiger partial charge in [0, 0.05) is 36.2 Å². The molecule has 3 rings (SSSR count). The molecule has 2 N–H and O–H groups in total. The molecule has 0 saturated carbocycles. The zero-order chi connectivity index (χ0) is 15.5. The fraction of sp³-hybridized carbons (Fsp3) is 0.250. The van der Waals surface area contributed by atoms with E-state index in [1.165, 1.54) is 5.56 Å². The number of benzene rings is 1. The van der Waals surface area contributed by atoms with Crippen LogP contribution in [0.4, 0.5) is 5.82 Å². The second kappa shape index (κ2) is 6.36. The van der Waals surface area contributed by atoms with E-state index >= 15 is 0 Å². The quantitative estimate of drug-likeness (QED) is 0.878. The first-order valence-corrected chi connectivity index (χ1v) is 7.83. The number of nitrogens with zero attached hydrogens (tertiary/aromatic N) is 1. The molecule has 1 aromatic heterocycles. The van der Waals surface area contributed by atoms with Crippen molar-refractivity contribution in [3.63, 3.8) is 0 Å². The fourth-order valence-corrected chi connectivity index (χ4v) is 3.07. The summed E-state index contributed by atoms with van der Waals surface area (Å²) in [5.74, 6) is 1.34. The Bertz CT molecular complexity index is 719. The van der Waals surface area contributed by atoms with Gasteiger partial charge in [-0.1, -0.05) is 15.9 Å². The molecule has 114 valence electrons. The Morgan fingerprint density at radius 3 is 3.14 bits per heavy atom. The lowest BCUT2D eigenvalue weighted by Gasteiger charge is -2.12. The zero-order valence-corrected chi connectivity index (χ0v) is 13.7. The first-order valence-electron chi connectivity index (χ1n) is 7.04. The highest BCUT2D eigenvalue weighted by molar-refractivity contribution is 9.10. The maximum absolute atomic E-state index is 11.9. The minimum absolute atomic E-state index is 0.161. The maximum atomic E-state index is 11.9. The van der Waals surface area contributed by atoms with Crippen molar-refractivity contribution in [2.24, 2.45) is 0 Å². The van der Waals surface area contributed by atoms with Gasteiger partial charge in [0.1, 0.15) is 11.6 Å². The SMILES string of the molecule is CNC(=O)c1cccnc1NCc1cc(Br)cc2c1OCC2. The molecule has 1 aromatic carbocycles. The third-order valence-electron chi connectivity index (χ3n) is 3.55. The van der Waals surface area contributed by atoms with Crippen molar-refractivity contribution in [1.29, 1.82) is 0 Å². The van der Waals surface area contributed by atoms with Gasteiger partial charge < -0.3 is 15.4 Å². The second-order valence-corrected chi connectivity index (χ2v) is 5.90. The number of amides is 1. The highest BCUT2D eigenvalue weighted by atomic mass is 79.9. The average molecular weight is 362 g/mol. The van der Waals surface area contributed by atoms with Crippen LogP contribution in [0.3, 0.4) is 0 Å². The Hall–Kier alpha value is -2.08. The highest BCUT2D eigenvalue weighted by Crippen LogP contribution is 2.33. The van der Waals surface area contributed by atoms with Gasteiger partial charge in [-0.25, -0.2) is 4.98 Å². The summed E-state index contributed by atoms with van der Waals surface area (Å²) >= 11 is 3.53. The molecule has 0 saturated heterocycles. The van der Waals surface area contributed by atoms with Crippen molar-refractivity contribution in [3.05, 3.63) is 51.6 Å². The largest absolute Gasteiger partial charge is 0.493 e. The first-order chi connectivity index (χ1) is 10.7. The number of halogens is 1. The Balaban J connectivity index is 1.84. The highest BCUT2D eigenvalue weighted by Gasteiger charge is 2.18. The van der Waals surface area contributed by atoms with Crippen LogP contribution in [0, 0.1) is 0 Å². The number of pyridine rings is 1. The average Bonchev–Trinajstić information content (AvgIpc) is 3.00. The fourth-order valence-electron chi connectivity index (χ4n) is 2.52. The van der Waals surface area contributed by atoms with Gasteiger partial charge in [-0.15, -0.1) is 0 Å². The van der Waals surface area contributed by atoms with E-state index in [9.17, 15) is 4.79 Å². The van der Waals surface area contributed by atoms with Crippen molar-refractivity contribution in [1.82, 2.24) is 10.3 Å². The lowest BCUT2D eigenvalue weighted by molar-refractivity contribution is 0.0963. The molecule has 22 heavy (non-hydrogen) atoms. The number of anilines is 1. The third kappa shape index (κ3) is 2.92. The number of nitrogens with one attached hydrogen (secondary N) is 2. The first kappa shape index (κ1) is 14.8. The number of hydrogen-bond donors (Lipinski definition) is 2. The molecule has 2 heterocycles. The van der Waals surface area contributed by atoms with Crippen molar-refractivity contribution in [2.75, 3.05) is 19.0 Å². The van der Waals surface area contributed by atoms with E-state index in [0.29, 0.717) is 24.5 Å². The van der Waals surface area contributed by atoms with Crippen LogP contribution in [-0.2, 0) is 13.0 Å². The second-order valence-electron chi connectivity index (χ2n) is 4.98. The van der Waals surface area contributed by atoms with Crippen LogP contribution >= 0.6 is 15.9 Å². The van der Waals surface area contributed by atoms with Gasteiger partial charge in [-0.05, 0) is 29.8 Å². The number of fused-ring (bicyclic) bond motifs is 1. The van der Waals surface area contributed by atoms with E-state index < -0.39 is 0 Å². The standard InChI is InChI=1S/C16H16BrN3O2/c1-18-16(21)13-3-2-5-19-15(13)20-9-11-8-12(17)7-10-4-6-22-14(10)11/h2-3,5,7-8H,4,6,9H2,1H3,(H,18,21)(H,19,20). The predicted octanol–water partition coefficient (Wildman–Crippen LogP) is 2.75. The van der Waals surface area contributed by atoms with Crippen LogP contribution in [0.1, 0.15) is 21.5 Å². The summed E-state index contributed by atoms with van der Waals surface area (Å²) in [6.07, 6.45) is 2.59. The number of carbonyl (C=O) groups excluding carboxylic acids is 1. The van der Waals surface area contributed by atoms with E-state index in [1.54, 1.807) is 25.4 Å². The number of hydrogen-bond acceptors (Lipinski definition) is 4. The summed E-state index contributed by atoms with van der Waals surface area (Å²) in [5, 5.41) is 5.85. The summed E-state index contributed by atoms with van der Waals surface area (Å²) in [4.78, 5) is 16.1. The van der Waals surface area contributed by atoms with Crippen LogP contribution < -0.4 is 15.4 Å². The molecule has 0 fully saturated rings. The monoisotopic (exact) mass is 361 g/mol. The third-order valence-corrected chi connectivity index (χ3v) is 4.01. The molecule has 5 nitrogen and oxygen atoms in total. The molecule has 1 aliphatic heterocycles. The number of carbonyl (C=O) groups is 1. The molecule has 6 heteroatoms. The van der Waals surface area contributed by atoms with Crippen molar-refractivity contribution in [2.45, 2.75) is 13.0 Å².